The maximum absolute atomic E-state index is 15.0. The highest BCUT2D eigenvalue weighted by atomic mass is 19.1. The monoisotopic (exact) mass is 573 g/mol. The smallest absolute Gasteiger partial charge is 0.257 e. The van der Waals surface area contributed by atoms with Crippen molar-refractivity contribution in [1.82, 2.24) is 4.90 Å². The van der Waals surface area contributed by atoms with E-state index in [-0.39, 0.29) is 16.9 Å². The SMILES string of the molecule is Cc1cccc(F)c1C(=O)N1CCC[C@H](C(=O)Nc2cccc(C(C)(C)C)c2)[C@@H]1c1ccc(N(C)CC(C)(C)O)cc1. The van der Waals surface area contributed by atoms with Gasteiger partial charge in [-0.2, -0.15) is 0 Å². The van der Waals surface area contributed by atoms with Crippen molar-refractivity contribution in [2.24, 2.45) is 5.92 Å². The molecule has 6 nitrogen and oxygen atoms in total. The predicted octanol–water partition coefficient (Wildman–Crippen LogP) is 6.87. The van der Waals surface area contributed by atoms with Gasteiger partial charge in [0.25, 0.3) is 5.91 Å². The molecule has 0 saturated carbocycles. The normalized spacial score (nSPS) is 17.6. The molecule has 0 spiro atoms. The van der Waals surface area contributed by atoms with E-state index < -0.39 is 29.3 Å². The summed E-state index contributed by atoms with van der Waals surface area (Å²) in [6.45, 7) is 12.5. The summed E-state index contributed by atoms with van der Waals surface area (Å²) in [7, 11) is 1.91. The Labute approximate surface area is 249 Å². The largest absolute Gasteiger partial charge is 0.389 e. The molecule has 0 unspecified atom stereocenters. The second-order valence-electron chi connectivity index (χ2n) is 13.2. The van der Waals surface area contributed by atoms with Crippen molar-refractivity contribution in [2.45, 2.75) is 71.4 Å². The molecule has 0 aliphatic carbocycles. The van der Waals surface area contributed by atoms with Crippen LogP contribution in [0.2, 0.25) is 0 Å². The van der Waals surface area contributed by atoms with Gasteiger partial charge in [-0.15, -0.1) is 0 Å². The maximum Gasteiger partial charge on any atom is 0.257 e. The average molecular weight is 574 g/mol. The van der Waals surface area contributed by atoms with Crippen LogP contribution in [-0.4, -0.2) is 47.6 Å². The first-order valence-corrected chi connectivity index (χ1v) is 14.7. The van der Waals surface area contributed by atoms with Gasteiger partial charge in [-0.25, -0.2) is 4.39 Å². The number of anilines is 2. The summed E-state index contributed by atoms with van der Waals surface area (Å²) in [6.07, 6.45) is 1.22. The third-order valence-electron chi connectivity index (χ3n) is 7.96. The van der Waals surface area contributed by atoms with Crippen LogP contribution in [0.1, 0.15) is 80.6 Å². The Morgan fingerprint density at radius 2 is 1.69 bits per heavy atom. The Morgan fingerprint density at radius 1 is 1.02 bits per heavy atom. The molecule has 42 heavy (non-hydrogen) atoms. The van der Waals surface area contributed by atoms with Gasteiger partial charge in [-0.3, -0.25) is 9.59 Å². The lowest BCUT2D eigenvalue weighted by Crippen LogP contribution is -2.46. The minimum absolute atomic E-state index is 0.0444. The van der Waals surface area contributed by atoms with Gasteiger partial charge in [-0.1, -0.05) is 57.2 Å². The molecule has 4 rings (SSSR count). The Hall–Kier alpha value is -3.71. The summed E-state index contributed by atoms with van der Waals surface area (Å²) in [4.78, 5) is 31.5. The van der Waals surface area contributed by atoms with Crippen molar-refractivity contribution in [2.75, 3.05) is 30.4 Å². The lowest BCUT2D eigenvalue weighted by molar-refractivity contribution is -0.123. The number of hydrogen-bond acceptors (Lipinski definition) is 4. The number of piperidine rings is 1. The van der Waals surface area contributed by atoms with Crippen LogP contribution in [0.4, 0.5) is 15.8 Å². The van der Waals surface area contributed by atoms with E-state index in [9.17, 15) is 19.1 Å². The number of hydrogen-bond donors (Lipinski definition) is 2. The summed E-state index contributed by atoms with van der Waals surface area (Å²) in [6, 6.07) is 19.7. The van der Waals surface area contributed by atoms with E-state index in [1.54, 1.807) is 37.8 Å². The van der Waals surface area contributed by atoms with Gasteiger partial charge in [0, 0.05) is 31.5 Å². The van der Waals surface area contributed by atoms with Crippen LogP contribution in [0.15, 0.2) is 66.7 Å². The maximum atomic E-state index is 15.0. The van der Waals surface area contributed by atoms with E-state index in [1.807, 2.05) is 60.5 Å². The van der Waals surface area contributed by atoms with Crippen LogP contribution in [0.5, 0.6) is 0 Å². The van der Waals surface area contributed by atoms with E-state index >= 15 is 0 Å². The highest BCUT2D eigenvalue weighted by molar-refractivity contribution is 5.98. The number of carbonyl (C=O) groups is 2. The summed E-state index contributed by atoms with van der Waals surface area (Å²) >= 11 is 0. The lowest BCUT2D eigenvalue weighted by atomic mass is 9.83. The van der Waals surface area contributed by atoms with Crippen LogP contribution < -0.4 is 10.2 Å². The third-order valence-corrected chi connectivity index (χ3v) is 7.96. The number of halogens is 1. The summed E-state index contributed by atoms with van der Waals surface area (Å²) in [5.74, 6) is -1.68. The molecule has 7 heteroatoms. The first-order chi connectivity index (χ1) is 19.7. The molecule has 3 aromatic carbocycles. The first kappa shape index (κ1) is 31.2. The fourth-order valence-electron chi connectivity index (χ4n) is 5.85. The van der Waals surface area contributed by atoms with Gasteiger partial charge in [0.05, 0.1) is 23.1 Å². The molecule has 1 aliphatic heterocycles. The van der Waals surface area contributed by atoms with Crippen LogP contribution in [0, 0.1) is 18.7 Å². The summed E-state index contributed by atoms with van der Waals surface area (Å²) in [5, 5.41) is 13.4. The van der Waals surface area contributed by atoms with E-state index in [0.29, 0.717) is 37.2 Å². The zero-order chi connectivity index (χ0) is 30.8. The first-order valence-electron chi connectivity index (χ1n) is 14.7. The minimum atomic E-state index is -0.870. The van der Waals surface area contributed by atoms with Crippen molar-refractivity contribution < 1.29 is 19.1 Å². The number of benzene rings is 3. The number of rotatable bonds is 7. The van der Waals surface area contributed by atoms with E-state index in [2.05, 4.69) is 26.1 Å². The van der Waals surface area contributed by atoms with Crippen molar-refractivity contribution in [3.8, 4) is 0 Å². The van der Waals surface area contributed by atoms with Crippen LogP contribution >= 0.6 is 0 Å². The third kappa shape index (κ3) is 7.19. The average Bonchev–Trinajstić information content (AvgIpc) is 2.91. The molecule has 0 aromatic heterocycles. The van der Waals surface area contributed by atoms with E-state index in [4.69, 9.17) is 0 Å². The van der Waals surface area contributed by atoms with E-state index in [0.717, 1.165) is 16.8 Å². The Morgan fingerprint density at radius 3 is 2.31 bits per heavy atom. The fraction of sp³-hybridized carbons (Fsp3) is 0.429. The van der Waals surface area contributed by atoms with Gasteiger partial charge in [0.2, 0.25) is 5.91 Å². The number of nitrogens with one attached hydrogen (secondary N) is 1. The number of carbonyl (C=O) groups excluding carboxylic acids is 2. The van der Waals surface area contributed by atoms with Crippen molar-refractivity contribution in [1.29, 1.82) is 0 Å². The van der Waals surface area contributed by atoms with Gasteiger partial charge < -0.3 is 20.2 Å². The number of nitrogens with zero attached hydrogens (tertiary/aromatic N) is 2. The van der Waals surface area contributed by atoms with Crippen molar-refractivity contribution >= 4 is 23.2 Å². The zero-order valence-electron chi connectivity index (χ0n) is 25.9. The molecule has 2 atom stereocenters. The molecular weight excluding hydrogens is 529 g/mol. The molecule has 2 N–H and O–H groups in total. The number of aliphatic hydroxyl groups is 1. The molecule has 224 valence electrons. The fourth-order valence-corrected chi connectivity index (χ4v) is 5.85. The molecule has 3 aromatic rings. The number of amides is 2. The molecule has 1 heterocycles. The quantitative estimate of drug-likeness (QED) is 0.324. The molecule has 0 bridgehead atoms. The van der Waals surface area contributed by atoms with Gasteiger partial charge >= 0.3 is 0 Å². The number of likely N-dealkylation sites (tertiary alicyclic amines) is 1. The molecule has 0 radical (unpaired) electrons. The van der Waals surface area contributed by atoms with Gasteiger partial charge in [-0.05, 0) is 86.1 Å². The van der Waals surface area contributed by atoms with Gasteiger partial charge in [0.15, 0.2) is 0 Å². The second-order valence-corrected chi connectivity index (χ2v) is 13.2. The molecule has 1 aliphatic rings. The topological polar surface area (TPSA) is 72.9 Å². The van der Waals surface area contributed by atoms with Gasteiger partial charge in [0.1, 0.15) is 5.82 Å². The molecule has 1 saturated heterocycles. The minimum Gasteiger partial charge on any atom is -0.389 e. The van der Waals surface area contributed by atoms with Crippen molar-refractivity contribution in [3.63, 3.8) is 0 Å². The van der Waals surface area contributed by atoms with Crippen LogP contribution in [-0.2, 0) is 10.2 Å². The lowest BCUT2D eigenvalue weighted by Gasteiger charge is -2.41. The molecular formula is C35H44FN3O3. The summed E-state index contributed by atoms with van der Waals surface area (Å²) in [5.41, 5.74) is 3.19. The Kier molecular flexibility index (Phi) is 9.12. The molecule has 2 amide bonds. The van der Waals surface area contributed by atoms with Crippen LogP contribution in [0.25, 0.3) is 0 Å². The second kappa shape index (κ2) is 12.3. The zero-order valence-corrected chi connectivity index (χ0v) is 25.9. The van der Waals surface area contributed by atoms with E-state index in [1.165, 1.54) is 6.07 Å². The number of likely N-dealkylation sites (N-methyl/N-ethyl adjacent to an activating group) is 1. The molecule has 1 fully saturated rings. The highest BCUT2D eigenvalue weighted by Gasteiger charge is 2.40. The number of aryl methyl sites for hydroxylation is 1. The standard InChI is InChI=1S/C35H44FN3O3/c1-23-11-8-15-29(36)30(23)33(41)39-20-10-14-28(32(40)37-26-13-9-12-25(21-26)34(2,3)4)31(39)24-16-18-27(19-17-24)38(7)22-35(5,6)42/h8-9,11-13,15-19,21,28,31,42H,10,14,20,22H2,1-7H3,(H,37,40)/t28-,31-/m0/s1. The summed E-state index contributed by atoms with van der Waals surface area (Å²) < 4.78 is 15.0. The Bertz CT molecular complexity index is 1400. The Balaban J connectivity index is 1.71. The predicted molar refractivity (Wildman–Crippen MR) is 167 cm³/mol. The van der Waals surface area contributed by atoms with Crippen LogP contribution in [0.3, 0.4) is 0 Å². The van der Waals surface area contributed by atoms with Crippen molar-refractivity contribution in [3.05, 3.63) is 94.8 Å². The highest BCUT2D eigenvalue weighted by Crippen LogP contribution is 2.39.